The molecule has 1 aromatic heterocycles. The normalized spacial score (nSPS) is 11.3. The van der Waals surface area contributed by atoms with Gasteiger partial charge in [-0.2, -0.15) is 0 Å². The van der Waals surface area contributed by atoms with E-state index in [1.54, 1.807) is 18.2 Å². The summed E-state index contributed by atoms with van der Waals surface area (Å²) in [7, 11) is 3.02. The largest absolute Gasteiger partial charge is 0.544 e. The molecule has 0 spiro atoms. The van der Waals surface area contributed by atoms with Gasteiger partial charge in [0, 0.05) is 23.0 Å². The lowest BCUT2D eigenvalue weighted by Crippen LogP contribution is -2.23. The van der Waals surface area contributed by atoms with Gasteiger partial charge in [-0.15, -0.1) is 10.2 Å². The number of methoxy groups -OCH3 is 2. The summed E-state index contributed by atoms with van der Waals surface area (Å²) in [6, 6.07) is 5.05. The van der Waals surface area contributed by atoms with Crippen LogP contribution in [-0.4, -0.2) is 30.4 Å². The zero-order valence-electron chi connectivity index (χ0n) is 12.9. The summed E-state index contributed by atoms with van der Waals surface area (Å²) in [4.78, 5) is 11.3. The molecule has 1 aromatic carbocycles. The number of aryl methyl sites for hydroxylation is 1. The van der Waals surface area contributed by atoms with Crippen LogP contribution < -0.4 is 14.6 Å². The molecule has 0 aliphatic heterocycles. The van der Waals surface area contributed by atoms with Gasteiger partial charge in [0.25, 0.3) is 5.22 Å². The van der Waals surface area contributed by atoms with Crippen LogP contribution in [0.5, 0.6) is 11.5 Å². The van der Waals surface area contributed by atoms with Crippen LogP contribution >= 0.6 is 11.8 Å². The molecule has 2 rings (SSSR count). The zero-order valence-corrected chi connectivity index (χ0v) is 13.7. The number of nitrogens with zero attached hydrogens (tertiary/aromatic N) is 2. The maximum absolute atomic E-state index is 11.4. The maximum Gasteiger partial charge on any atom is 0.281 e. The first kappa shape index (κ1) is 16.9. The molecule has 0 fully saturated rings. The van der Waals surface area contributed by atoms with Crippen molar-refractivity contribution in [3.8, 4) is 11.5 Å². The Morgan fingerprint density at radius 3 is 2.70 bits per heavy atom. The number of benzene rings is 1. The lowest BCUT2D eigenvalue weighted by Gasteiger charge is -2.10. The monoisotopic (exact) mass is 335 g/mol. The van der Waals surface area contributed by atoms with Crippen LogP contribution in [0.2, 0.25) is 0 Å². The van der Waals surface area contributed by atoms with E-state index in [1.165, 1.54) is 20.3 Å². The van der Waals surface area contributed by atoms with Gasteiger partial charge in [-0.3, -0.25) is 0 Å². The van der Waals surface area contributed by atoms with Gasteiger partial charge in [0.2, 0.25) is 5.89 Å². The minimum absolute atomic E-state index is 0.0697. The van der Waals surface area contributed by atoms with Crippen molar-refractivity contribution in [1.82, 2.24) is 10.2 Å². The molecule has 0 unspecified atom stereocenters. The Bertz CT molecular complexity index is 726. The van der Waals surface area contributed by atoms with E-state index in [0.29, 0.717) is 29.4 Å². The summed E-state index contributed by atoms with van der Waals surface area (Å²) in [5.74, 6) is 0.172. The highest BCUT2D eigenvalue weighted by molar-refractivity contribution is 8.03. The third-order valence-electron chi connectivity index (χ3n) is 2.88. The Labute approximate surface area is 137 Å². The van der Waals surface area contributed by atoms with Gasteiger partial charge < -0.3 is 23.8 Å². The molecule has 0 radical (unpaired) electrons. The Hall–Kier alpha value is -2.48. The van der Waals surface area contributed by atoms with Crippen LogP contribution in [0, 0.1) is 0 Å². The first-order valence-corrected chi connectivity index (χ1v) is 7.54. The number of carboxylic acids is 1. The number of aromatic nitrogens is 2. The average molecular weight is 335 g/mol. The van der Waals surface area contributed by atoms with Gasteiger partial charge in [0.05, 0.1) is 20.2 Å². The van der Waals surface area contributed by atoms with Crippen molar-refractivity contribution in [1.29, 1.82) is 0 Å². The van der Waals surface area contributed by atoms with Gasteiger partial charge in [0.15, 0.2) is 0 Å². The van der Waals surface area contributed by atoms with Gasteiger partial charge >= 0.3 is 0 Å². The highest BCUT2D eigenvalue weighted by atomic mass is 32.2. The molecule has 8 heteroatoms. The number of carboxylic acid groups (broad SMARTS) is 1. The Morgan fingerprint density at radius 2 is 2.13 bits per heavy atom. The summed E-state index contributed by atoms with van der Waals surface area (Å²) < 4.78 is 15.7. The van der Waals surface area contributed by atoms with E-state index in [-0.39, 0.29) is 10.1 Å². The van der Waals surface area contributed by atoms with Crippen molar-refractivity contribution in [3.05, 3.63) is 34.6 Å². The molecule has 0 N–H and O–H groups in total. The lowest BCUT2D eigenvalue weighted by atomic mass is 10.1. The fourth-order valence-electron chi connectivity index (χ4n) is 1.73. The van der Waals surface area contributed by atoms with Crippen LogP contribution in [0.15, 0.2) is 32.7 Å². The van der Waals surface area contributed by atoms with E-state index < -0.39 is 5.97 Å². The van der Waals surface area contributed by atoms with Gasteiger partial charge in [-0.1, -0.05) is 6.92 Å². The molecular formula is C15H15N2O5S-. The third kappa shape index (κ3) is 4.26. The molecule has 7 nitrogen and oxygen atoms in total. The molecule has 0 bridgehead atoms. The molecule has 0 saturated heterocycles. The number of hydrogen-bond acceptors (Lipinski definition) is 8. The van der Waals surface area contributed by atoms with Crippen molar-refractivity contribution < 1.29 is 23.8 Å². The lowest BCUT2D eigenvalue weighted by molar-refractivity contribution is -0.298. The van der Waals surface area contributed by atoms with Crippen LogP contribution in [0.3, 0.4) is 0 Å². The van der Waals surface area contributed by atoms with E-state index in [2.05, 4.69) is 10.2 Å². The summed E-state index contributed by atoms with van der Waals surface area (Å²) in [6.45, 7) is 1.86. The van der Waals surface area contributed by atoms with Crippen LogP contribution in [0.25, 0.3) is 6.08 Å². The number of aliphatic carboxylic acids is 1. The molecule has 23 heavy (non-hydrogen) atoms. The van der Waals surface area contributed by atoms with E-state index >= 15 is 0 Å². The molecular weight excluding hydrogens is 320 g/mol. The topological polar surface area (TPSA) is 97.5 Å². The molecule has 0 aliphatic rings. The Kier molecular flexibility index (Phi) is 5.64. The van der Waals surface area contributed by atoms with Crippen LogP contribution in [0.1, 0.15) is 18.4 Å². The first-order chi connectivity index (χ1) is 11.1. The summed E-state index contributed by atoms with van der Waals surface area (Å²) in [5.41, 5.74) is 0.565. The van der Waals surface area contributed by atoms with E-state index in [1.807, 2.05) is 6.92 Å². The van der Waals surface area contributed by atoms with Gasteiger partial charge in [0.1, 0.15) is 11.5 Å². The Morgan fingerprint density at radius 1 is 1.35 bits per heavy atom. The van der Waals surface area contributed by atoms with Crippen molar-refractivity contribution in [2.45, 2.75) is 18.6 Å². The molecule has 0 saturated carbocycles. The van der Waals surface area contributed by atoms with Crippen LogP contribution in [0.4, 0.5) is 0 Å². The summed E-state index contributed by atoms with van der Waals surface area (Å²) in [6.07, 6.45) is 2.00. The van der Waals surface area contributed by atoms with Crippen molar-refractivity contribution >= 4 is 23.8 Å². The first-order valence-electron chi connectivity index (χ1n) is 6.72. The molecule has 0 amide bonds. The number of ether oxygens (including phenoxy) is 2. The molecule has 1 heterocycles. The highest BCUT2D eigenvalue weighted by Gasteiger charge is 2.11. The van der Waals surface area contributed by atoms with Crippen molar-refractivity contribution in [2.75, 3.05) is 14.2 Å². The zero-order chi connectivity index (χ0) is 16.8. The number of carbonyl (C=O) groups excluding carboxylic acids is 1. The second-order valence-corrected chi connectivity index (χ2v) is 5.31. The summed E-state index contributed by atoms with van der Waals surface area (Å²) >= 11 is 0.829. The molecule has 0 aliphatic carbocycles. The summed E-state index contributed by atoms with van der Waals surface area (Å²) in [5, 5.41) is 19.1. The second-order valence-electron chi connectivity index (χ2n) is 4.32. The fraction of sp³-hybridized carbons (Fsp3) is 0.267. The number of thioether (sulfide) groups is 1. The second kappa shape index (κ2) is 7.68. The van der Waals surface area contributed by atoms with Crippen molar-refractivity contribution in [2.24, 2.45) is 0 Å². The maximum atomic E-state index is 11.4. The average Bonchev–Trinajstić information content (AvgIpc) is 3.02. The van der Waals surface area contributed by atoms with Crippen LogP contribution in [-0.2, 0) is 11.2 Å². The SMILES string of the molecule is CCc1nnc(S/C(=C\c2ccc(OC)cc2OC)C(=O)[O-])o1. The minimum atomic E-state index is -1.34. The predicted molar refractivity (Wildman–Crippen MR) is 82.1 cm³/mol. The molecule has 122 valence electrons. The third-order valence-corrected chi connectivity index (χ3v) is 3.72. The van der Waals surface area contributed by atoms with E-state index in [9.17, 15) is 9.90 Å². The predicted octanol–water partition coefficient (Wildman–Crippen LogP) is 1.53. The molecule has 0 atom stereocenters. The Balaban J connectivity index is 2.33. The van der Waals surface area contributed by atoms with E-state index in [0.717, 1.165) is 11.8 Å². The van der Waals surface area contributed by atoms with Gasteiger partial charge in [-0.05, 0) is 30.0 Å². The standard InChI is InChI=1S/C15H16N2O5S/c1-4-13-16-17-15(22-13)23-12(14(18)19)7-9-5-6-10(20-2)8-11(9)21-3/h5-8H,4H2,1-3H3,(H,18,19)/p-1/b12-7-. The smallest absolute Gasteiger partial charge is 0.281 e. The number of hydrogen-bond donors (Lipinski definition) is 0. The quantitative estimate of drug-likeness (QED) is 0.555. The van der Waals surface area contributed by atoms with Crippen molar-refractivity contribution in [3.63, 3.8) is 0 Å². The molecule has 2 aromatic rings. The minimum Gasteiger partial charge on any atom is -0.544 e. The fourth-order valence-corrected chi connectivity index (χ4v) is 2.40. The number of rotatable bonds is 7. The highest BCUT2D eigenvalue weighted by Crippen LogP contribution is 2.31. The van der Waals surface area contributed by atoms with Gasteiger partial charge in [-0.25, -0.2) is 0 Å². The van der Waals surface area contributed by atoms with E-state index in [4.69, 9.17) is 13.9 Å². The number of carbonyl (C=O) groups is 1.